The predicted molar refractivity (Wildman–Crippen MR) is 62.6 cm³/mol. The average molecular weight is 199 g/mol. The minimum absolute atomic E-state index is 0.152. The van der Waals surface area contributed by atoms with Crippen molar-refractivity contribution in [3.8, 4) is 0 Å². The molecule has 0 amide bonds. The topological polar surface area (TPSA) is 21.3 Å². The maximum absolute atomic E-state index is 5.58. The highest BCUT2D eigenvalue weighted by Gasteiger charge is 2.09. The van der Waals surface area contributed by atoms with Crippen LogP contribution in [0, 0.1) is 0 Å². The highest BCUT2D eigenvalue weighted by Crippen LogP contribution is 2.02. The van der Waals surface area contributed by atoms with Crippen LogP contribution in [0.3, 0.4) is 0 Å². The Morgan fingerprint density at radius 2 is 2.00 bits per heavy atom. The van der Waals surface area contributed by atoms with Crippen molar-refractivity contribution in [3.63, 3.8) is 0 Å². The molecule has 0 heterocycles. The third-order valence-electron chi connectivity index (χ3n) is 2.02. The van der Waals surface area contributed by atoms with Gasteiger partial charge in [0.25, 0.3) is 0 Å². The molecule has 2 nitrogen and oxygen atoms in total. The lowest BCUT2D eigenvalue weighted by molar-refractivity contribution is 0.0798. The fourth-order valence-corrected chi connectivity index (χ4v) is 0.819. The molecule has 14 heavy (non-hydrogen) atoms. The Morgan fingerprint density at radius 1 is 1.43 bits per heavy atom. The first-order chi connectivity index (χ1) is 6.35. The highest BCUT2D eigenvalue weighted by molar-refractivity contribution is 4.98. The summed E-state index contributed by atoms with van der Waals surface area (Å²) in [5.74, 6) is 0. The highest BCUT2D eigenvalue weighted by atomic mass is 16.5. The average Bonchev–Trinajstić information content (AvgIpc) is 2.09. The molecule has 0 fully saturated rings. The van der Waals surface area contributed by atoms with E-state index in [2.05, 4.69) is 46.5 Å². The van der Waals surface area contributed by atoms with Crippen LogP contribution in [-0.4, -0.2) is 24.8 Å². The zero-order chi connectivity index (χ0) is 11.2. The normalized spacial score (nSPS) is 14.1. The molecule has 1 atom stereocenters. The molecule has 2 heteroatoms. The van der Waals surface area contributed by atoms with Gasteiger partial charge in [-0.1, -0.05) is 13.5 Å². The Hall–Kier alpha value is -0.340. The van der Waals surface area contributed by atoms with Gasteiger partial charge in [-0.3, -0.25) is 0 Å². The van der Waals surface area contributed by atoms with Gasteiger partial charge < -0.3 is 10.1 Å². The second-order valence-corrected chi connectivity index (χ2v) is 4.88. The lowest BCUT2D eigenvalue weighted by atomic mass is 10.1. The van der Waals surface area contributed by atoms with Gasteiger partial charge in [0.05, 0.1) is 12.7 Å². The first-order valence-electron chi connectivity index (χ1n) is 5.38. The van der Waals surface area contributed by atoms with Gasteiger partial charge in [-0.2, -0.15) is 0 Å². The quantitative estimate of drug-likeness (QED) is 0.664. The largest absolute Gasteiger partial charge is 0.374 e. The minimum atomic E-state index is 0.152. The minimum Gasteiger partial charge on any atom is -0.374 e. The molecule has 1 N–H and O–H groups in total. The summed E-state index contributed by atoms with van der Waals surface area (Å²) < 4.78 is 5.58. The molecule has 0 bridgehead atoms. The Labute approximate surface area is 88.7 Å². The van der Waals surface area contributed by atoms with Crippen LogP contribution in [-0.2, 0) is 4.74 Å². The molecule has 0 aromatic rings. The summed E-state index contributed by atoms with van der Waals surface area (Å²) in [7, 11) is 0. The van der Waals surface area contributed by atoms with E-state index in [0.717, 1.165) is 18.5 Å². The second-order valence-electron chi connectivity index (χ2n) is 4.88. The zero-order valence-corrected chi connectivity index (χ0v) is 10.3. The first kappa shape index (κ1) is 13.7. The van der Waals surface area contributed by atoms with Crippen LogP contribution >= 0.6 is 0 Å². The molecule has 0 saturated heterocycles. The maximum atomic E-state index is 5.58. The number of hydrogen-bond donors (Lipinski definition) is 1. The van der Waals surface area contributed by atoms with Crippen molar-refractivity contribution in [2.24, 2.45) is 0 Å². The number of hydrogen-bond acceptors (Lipinski definition) is 2. The molecule has 1 unspecified atom stereocenters. The fourth-order valence-electron chi connectivity index (χ4n) is 0.819. The lowest BCUT2D eigenvalue weighted by Gasteiger charge is -2.21. The van der Waals surface area contributed by atoms with Gasteiger partial charge in [0.15, 0.2) is 0 Å². The third-order valence-corrected chi connectivity index (χ3v) is 2.02. The Kier molecular flexibility index (Phi) is 6.05. The summed E-state index contributed by atoms with van der Waals surface area (Å²) in [6.07, 6.45) is 1.39. The third kappa shape index (κ3) is 8.27. The van der Waals surface area contributed by atoms with Crippen LogP contribution in [0.25, 0.3) is 0 Å². The Balaban J connectivity index is 3.57. The van der Waals surface area contributed by atoms with Gasteiger partial charge in [0.1, 0.15) is 0 Å². The van der Waals surface area contributed by atoms with E-state index in [9.17, 15) is 0 Å². The monoisotopic (exact) mass is 199 g/mol. The number of ether oxygens (including phenoxy) is 1. The van der Waals surface area contributed by atoms with Crippen LogP contribution in [0.1, 0.15) is 41.0 Å². The van der Waals surface area contributed by atoms with Gasteiger partial charge >= 0.3 is 0 Å². The van der Waals surface area contributed by atoms with Crippen molar-refractivity contribution in [3.05, 3.63) is 12.2 Å². The molecule has 0 spiro atoms. The van der Waals surface area contributed by atoms with Gasteiger partial charge in [-0.25, -0.2) is 0 Å². The van der Waals surface area contributed by atoms with E-state index < -0.39 is 0 Å². The summed E-state index contributed by atoms with van der Waals surface area (Å²) in [4.78, 5) is 0. The summed E-state index contributed by atoms with van der Waals surface area (Å²) in [5, 5.41) is 3.38. The molecule has 0 aromatic heterocycles. The molecule has 0 rings (SSSR count). The fraction of sp³-hybridized carbons (Fsp3) is 0.833. The molecular formula is C12H25NO. The maximum Gasteiger partial charge on any atom is 0.0690 e. The van der Waals surface area contributed by atoms with Crippen molar-refractivity contribution in [2.45, 2.75) is 52.7 Å². The second kappa shape index (κ2) is 6.20. The van der Waals surface area contributed by atoms with E-state index >= 15 is 0 Å². The van der Waals surface area contributed by atoms with Crippen molar-refractivity contribution in [2.75, 3.05) is 13.2 Å². The molecule has 0 aromatic carbocycles. The Morgan fingerprint density at radius 3 is 2.43 bits per heavy atom. The number of nitrogens with one attached hydrogen (secondary N) is 1. The van der Waals surface area contributed by atoms with E-state index in [-0.39, 0.29) is 5.54 Å². The lowest BCUT2D eigenvalue weighted by Crippen LogP contribution is -2.37. The predicted octanol–water partition coefficient (Wildman–Crippen LogP) is 2.75. The van der Waals surface area contributed by atoms with Crippen LogP contribution in [0.2, 0.25) is 0 Å². The van der Waals surface area contributed by atoms with E-state index in [4.69, 9.17) is 4.74 Å². The van der Waals surface area contributed by atoms with Crippen molar-refractivity contribution in [1.29, 1.82) is 0 Å². The molecule has 0 aliphatic carbocycles. The molecule has 0 aliphatic heterocycles. The summed E-state index contributed by atoms with van der Waals surface area (Å²) in [5.41, 5.74) is 1.26. The molecule has 84 valence electrons. The summed E-state index contributed by atoms with van der Waals surface area (Å²) in [6, 6.07) is 0. The Bertz CT molecular complexity index is 170. The smallest absolute Gasteiger partial charge is 0.0690 e. The summed E-state index contributed by atoms with van der Waals surface area (Å²) in [6.45, 7) is 16.1. The van der Waals surface area contributed by atoms with E-state index in [1.54, 1.807) is 0 Å². The first-order valence-corrected chi connectivity index (χ1v) is 5.38. The van der Waals surface area contributed by atoms with Gasteiger partial charge in [0, 0.05) is 12.1 Å². The van der Waals surface area contributed by atoms with E-state index in [1.165, 1.54) is 0 Å². The van der Waals surface area contributed by atoms with Gasteiger partial charge in [-0.05, 0) is 39.7 Å². The van der Waals surface area contributed by atoms with E-state index in [1.807, 2.05) is 0 Å². The van der Waals surface area contributed by atoms with Crippen molar-refractivity contribution in [1.82, 2.24) is 5.32 Å². The SMILES string of the molecule is C=C(CNC(C)(C)C)COC(C)CC. The molecular weight excluding hydrogens is 174 g/mol. The molecule has 0 saturated carbocycles. The van der Waals surface area contributed by atoms with Crippen LogP contribution in [0.5, 0.6) is 0 Å². The van der Waals surface area contributed by atoms with Gasteiger partial charge in [0.2, 0.25) is 0 Å². The summed E-state index contributed by atoms with van der Waals surface area (Å²) >= 11 is 0. The van der Waals surface area contributed by atoms with Crippen LogP contribution in [0.4, 0.5) is 0 Å². The van der Waals surface area contributed by atoms with Gasteiger partial charge in [-0.15, -0.1) is 0 Å². The van der Waals surface area contributed by atoms with Crippen molar-refractivity contribution >= 4 is 0 Å². The van der Waals surface area contributed by atoms with Crippen molar-refractivity contribution < 1.29 is 4.74 Å². The number of rotatable bonds is 6. The standard InChI is InChI=1S/C12H25NO/c1-7-11(3)14-9-10(2)8-13-12(4,5)6/h11,13H,2,7-9H2,1,3-6H3. The van der Waals surface area contributed by atoms with Crippen LogP contribution in [0.15, 0.2) is 12.2 Å². The van der Waals surface area contributed by atoms with E-state index in [0.29, 0.717) is 12.7 Å². The van der Waals surface area contributed by atoms with Crippen LogP contribution < -0.4 is 5.32 Å². The molecule has 0 aliphatic rings. The zero-order valence-electron chi connectivity index (χ0n) is 10.3. The molecule has 0 radical (unpaired) electrons.